The Hall–Kier alpha value is -0.490. The number of alkyl halides is 1. The Morgan fingerprint density at radius 3 is 2.38 bits per heavy atom. The van der Waals surface area contributed by atoms with Gasteiger partial charge in [0.05, 0.1) is 0 Å². The first kappa shape index (κ1) is 9.08. The third-order valence-electron chi connectivity index (χ3n) is 2.94. The quantitative estimate of drug-likeness (QED) is 0.596. The fraction of sp³-hybridized carbons (Fsp3) is 0.500. The maximum atomic E-state index is 6.25. The summed E-state index contributed by atoms with van der Waals surface area (Å²) in [5.41, 5.74) is 2.75. The van der Waals surface area contributed by atoms with Crippen LogP contribution in [-0.2, 0) is 0 Å². The number of hydrogen-bond donors (Lipinski definition) is 0. The summed E-state index contributed by atoms with van der Waals surface area (Å²) in [4.78, 5) is 0. The zero-order valence-electron chi connectivity index (χ0n) is 7.96. The first-order chi connectivity index (χ1) is 6.27. The highest BCUT2D eigenvalue weighted by Gasteiger charge is 2.26. The fourth-order valence-electron chi connectivity index (χ4n) is 2.10. The van der Waals surface area contributed by atoms with Gasteiger partial charge in [0.1, 0.15) is 0 Å². The van der Waals surface area contributed by atoms with Gasteiger partial charge in [0.2, 0.25) is 0 Å². The van der Waals surface area contributed by atoms with Crippen LogP contribution in [0.1, 0.15) is 36.3 Å². The molecule has 1 fully saturated rings. The molecule has 2 atom stereocenters. The number of benzene rings is 1. The predicted octanol–water partition coefficient (Wildman–Crippen LogP) is 3.87. The van der Waals surface area contributed by atoms with Crippen molar-refractivity contribution in [2.45, 2.75) is 37.5 Å². The van der Waals surface area contributed by atoms with Gasteiger partial charge in [0, 0.05) is 11.3 Å². The largest absolute Gasteiger partial charge is 0.122 e. The highest BCUT2D eigenvalue weighted by Crippen LogP contribution is 2.37. The molecule has 1 saturated carbocycles. The lowest BCUT2D eigenvalue weighted by Crippen LogP contribution is -2.04. The molecule has 0 saturated heterocycles. The Balaban J connectivity index is 2.20. The van der Waals surface area contributed by atoms with Crippen molar-refractivity contribution in [2.24, 2.45) is 0 Å². The van der Waals surface area contributed by atoms with Crippen molar-refractivity contribution in [1.29, 1.82) is 0 Å². The molecule has 1 aliphatic rings. The lowest BCUT2D eigenvalue weighted by molar-refractivity contribution is 0.730. The van der Waals surface area contributed by atoms with Crippen LogP contribution in [0.25, 0.3) is 0 Å². The third kappa shape index (κ3) is 1.88. The minimum atomic E-state index is 0.364. The van der Waals surface area contributed by atoms with Crippen molar-refractivity contribution < 1.29 is 0 Å². The van der Waals surface area contributed by atoms with Crippen LogP contribution in [0.15, 0.2) is 24.3 Å². The lowest BCUT2D eigenvalue weighted by Gasteiger charge is -2.13. The zero-order valence-corrected chi connectivity index (χ0v) is 8.72. The Kier molecular flexibility index (Phi) is 2.59. The molecule has 2 unspecified atom stereocenters. The van der Waals surface area contributed by atoms with E-state index in [0.717, 1.165) is 0 Å². The molecule has 0 nitrogen and oxygen atoms in total. The maximum Gasteiger partial charge on any atom is 0.0404 e. The van der Waals surface area contributed by atoms with Crippen LogP contribution < -0.4 is 0 Å². The van der Waals surface area contributed by atoms with Gasteiger partial charge >= 0.3 is 0 Å². The third-order valence-corrected chi connectivity index (χ3v) is 3.46. The Morgan fingerprint density at radius 2 is 1.85 bits per heavy atom. The van der Waals surface area contributed by atoms with E-state index >= 15 is 0 Å². The van der Waals surface area contributed by atoms with Crippen LogP contribution >= 0.6 is 11.6 Å². The molecule has 1 aliphatic carbocycles. The average Bonchev–Trinajstić information content (AvgIpc) is 2.53. The molecule has 0 amide bonds. The summed E-state index contributed by atoms with van der Waals surface area (Å²) >= 11 is 6.25. The van der Waals surface area contributed by atoms with Gasteiger partial charge in [-0.15, -0.1) is 11.6 Å². The number of hydrogen-bond acceptors (Lipinski definition) is 0. The van der Waals surface area contributed by atoms with Gasteiger partial charge in [0.25, 0.3) is 0 Å². The molecule has 1 heteroatoms. The van der Waals surface area contributed by atoms with Gasteiger partial charge in [-0.2, -0.15) is 0 Å². The van der Waals surface area contributed by atoms with E-state index in [-0.39, 0.29) is 0 Å². The van der Waals surface area contributed by atoms with E-state index in [4.69, 9.17) is 11.6 Å². The summed E-state index contributed by atoms with van der Waals surface area (Å²) < 4.78 is 0. The highest BCUT2D eigenvalue weighted by molar-refractivity contribution is 6.21. The second kappa shape index (κ2) is 3.71. The highest BCUT2D eigenvalue weighted by atomic mass is 35.5. The van der Waals surface area contributed by atoms with E-state index in [1.807, 2.05) is 0 Å². The molecule has 2 rings (SSSR count). The van der Waals surface area contributed by atoms with E-state index < -0.39 is 0 Å². The summed E-state index contributed by atoms with van der Waals surface area (Å²) in [6.07, 6.45) is 3.73. The molecule has 70 valence electrons. The lowest BCUT2D eigenvalue weighted by atomic mass is 9.97. The number of halogens is 1. The molecule has 0 aromatic heterocycles. The van der Waals surface area contributed by atoms with Gasteiger partial charge in [-0.05, 0) is 25.3 Å². The molecular weight excluding hydrogens is 180 g/mol. The van der Waals surface area contributed by atoms with Crippen LogP contribution in [0.3, 0.4) is 0 Å². The monoisotopic (exact) mass is 194 g/mol. The summed E-state index contributed by atoms with van der Waals surface area (Å²) in [5.74, 6) is 0.599. The summed E-state index contributed by atoms with van der Waals surface area (Å²) in [7, 11) is 0. The van der Waals surface area contributed by atoms with Crippen LogP contribution in [-0.4, -0.2) is 5.38 Å². The number of aryl methyl sites for hydroxylation is 1. The van der Waals surface area contributed by atoms with Crippen molar-refractivity contribution in [3.63, 3.8) is 0 Å². The SMILES string of the molecule is Cc1ccc(C2CCCC2Cl)cc1. The van der Waals surface area contributed by atoms with Gasteiger partial charge in [-0.3, -0.25) is 0 Å². The summed E-state index contributed by atoms with van der Waals surface area (Å²) in [6.45, 7) is 2.12. The van der Waals surface area contributed by atoms with E-state index in [2.05, 4.69) is 31.2 Å². The van der Waals surface area contributed by atoms with Crippen LogP contribution in [0, 0.1) is 6.92 Å². The molecule has 1 aromatic rings. The predicted molar refractivity (Wildman–Crippen MR) is 57.4 cm³/mol. The van der Waals surface area contributed by atoms with Crippen LogP contribution in [0.5, 0.6) is 0 Å². The zero-order chi connectivity index (χ0) is 9.26. The molecule has 13 heavy (non-hydrogen) atoms. The smallest absolute Gasteiger partial charge is 0.0404 e. The molecule has 0 radical (unpaired) electrons. The van der Waals surface area contributed by atoms with Crippen molar-refractivity contribution in [3.8, 4) is 0 Å². The first-order valence-corrected chi connectivity index (χ1v) is 5.41. The molecule has 0 aliphatic heterocycles. The second-order valence-electron chi connectivity index (χ2n) is 3.96. The second-order valence-corrected chi connectivity index (χ2v) is 4.52. The topological polar surface area (TPSA) is 0 Å². The van der Waals surface area contributed by atoms with Crippen LogP contribution in [0.2, 0.25) is 0 Å². The molecule has 0 bridgehead atoms. The Morgan fingerprint density at radius 1 is 1.15 bits per heavy atom. The molecule has 0 heterocycles. The van der Waals surface area contributed by atoms with Gasteiger partial charge < -0.3 is 0 Å². The minimum absolute atomic E-state index is 0.364. The van der Waals surface area contributed by atoms with Crippen molar-refractivity contribution in [3.05, 3.63) is 35.4 Å². The minimum Gasteiger partial charge on any atom is -0.122 e. The van der Waals surface area contributed by atoms with E-state index in [1.54, 1.807) is 0 Å². The maximum absolute atomic E-state index is 6.25. The molecule has 0 N–H and O–H groups in total. The molecule has 0 spiro atoms. The Bertz CT molecular complexity index is 276. The summed E-state index contributed by atoms with van der Waals surface area (Å²) in [5, 5.41) is 0.364. The fourth-order valence-corrected chi connectivity index (χ4v) is 2.53. The van der Waals surface area contributed by atoms with Gasteiger partial charge in [-0.25, -0.2) is 0 Å². The number of rotatable bonds is 1. The Labute approximate surface area is 84.9 Å². The molecular formula is C12H15Cl. The van der Waals surface area contributed by atoms with Crippen LogP contribution in [0.4, 0.5) is 0 Å². The van der Waals surface area contributed by atoms with Gasteiger partial charge in [-0.1, -0.05) is 36.2 Å². The normalized spacial score (nSPS) is 27.8. The van der Waals surface area contributed by atoms with E-state index in [9.17, 15) is 0 Å². The van der Waals surface area contributed by atoms with E-state index in [1.165, 1.54) is 30.4 Å². The van der Waals surface area contributed by atoms with E-state index in [0.29, 0.717) is 11.3 Å². The summed E-state index contributed by atoms with van der Waals surface area (Å²) in [6, 6.07) is 8.80. The molecule has 1 aromatic carbocycles. The standard InChI is InChI=1S/C12H15Cl/c1-9-5-7-10(8-6-9)11-3-2-4-12(11)13/h5-8,11-12H,2-4H2,1H3. The average molecular weight is 195 g/mol. The van der Waals surface area contributed by atoms with Crippen molar-refractivity contribution in [2.75, 3.05) is 0 Å². The first-order valence-electron chi connectivity index (χ1n) is 4.98. The van der Waals surface area contributed by atoms with Gasteiger partial charge in [0.15, 0.2) is 0 Å². The van der Waals surface area contributed by atoms with Crippen molar-refractivity contribution >= 4 is 11.6 Å². The van der Waals surface area contributed by atoms with Crippen molar-refractivity contribution in [1.82, 2.24) is 0 Å².